The van der Waals surface area contributed by atoms with Gasteiger partial charge in [0, 0.05) is 34.4 Å². The molecule has 6 nitrogen and oxygen atoms in total. The molecule has 3 rings (SSSR count). The van der Waals surface area contributed by atoms with Gasteiger partial charge < -0.3 is 5.32 Å². The number of nitro groups is 1. The summed E-state index contributed by atoms with van der Waals surface area (Å²) in [6.45, 7) is 4.63. The van der Waals surface area contributed by atoms with Gasteiger partial charge >= 0.3 is 0 Å². The summed E-state index contributed by atoms with van der Waals surface area (Å²) in [4.78, 5) is 20.4. The van der Waals surface area contributed by atoms with Crippen LogP contribution in [0.1, 0.15) is 15.6 Å². The van der Waals surface area contributed by atoms with Gasteiger partial charge in [0.25, 0.3) is 5.69 Å². The van der Waals surface area contributed by atoms with Gasteiger partial charge in [-0.15, -0.1) is 11.3 Å². The number of fused-ring (bicyclic) bond motifs is 1. The molecule has 1 N–H and O–H groups in total. The van der Waals surface area contributed by atoms with E-state index >= 15 is 0 Å². The first-order valence-electron chi connectivity index (χ1n) is 6.74. The number of thiazole rings is 1. The maximum atomic E-state index is 11.1. The van der Waals surface area contributed by atoms with Crippen LogP contribution in [0.2, 0.25) is 0 Å². The van der Waals surface area contributed by atoms with Crippen LogP contribution in [-0.2, 0) is 6.54 Å². The second-order valence-electron chi connectivity index (χ2n) is 4.91. The average Bonchev–Trinajstić information content (AvgIpc) is 2.83. The van der Waals surface area contributed by atoms with Crippen molar-refractivity contribution in [3.05, 3.63) is 56.3 Å². The molecule has 0 unspecified atom stereocenters. The first-order valence-corrected chi connectivity index (χ1v) is 7.56. The van der Waals surface area contributed by atoms with Gasteiger partial charge in [-0.1, -0.05) is 0 Å². The number of benzene rings is 1. The van der Waals surface area contributed by atoms with Gasteiger partial charge in [-0.3, -0.25) is 15.1 Å². The Bertz CT molecular complexity index is 840. The number of aryl methyl sites for hydroxylation is 2. The molecule has 7 heteroatoms. The Morgan fingerprint density at radius 1 is 1.27 bits per heavy atom. The monoisotopic (exact) mass is 314 g/mol. The lowest BCUT2D eigenvalue weighted by molar-refractivity contribution is -0.383. The Hall–Kier alpha value is -2.54. The highest BCUT2D eigenvalue weighted by molar-refractivity contribution is 7.11. The lowest BCUT2D eigenvalue weighted by Gasteiger charge is -2.08. The standard InChI is InChI=1S/C15H14N4O2S/c1-9-10(2)22-15(18-9)8-17-13-3-4-14(19(20)21)12-7-16-6-5-11(12)13/h3-7,17H,8H2,1-2H3. The van der Waals surface area contributed by atoms with E-state index in [2.05, 4.69) is 15.3 Å². The Morgan fingerprint density at radius 3 is 2.77 bits per heavy atom. The number of anilines is 1. The number of nitrogens with zero attached hydrogens (tertiary/aromatic N) is 3. The molecule has 0 aliphatic carbocycles. The molecule has 0 spiro atoms. The fourth-order valence-corrected chi connectivity index (χ4v) is 3.15. The third-order valence-electron chi connectivity index (χ3n) is 3.49. The highest BCUT2D eigenvalue weighted by atomic mass is 32.1. The molecule has 0 amide bonds. The zero-order valence-electron chi connectivity index (χ0n) is 12.2. The van der Waals surface area contributed by atoms with Gasteiger partial charge in [-0.25, -0.2) is 4.98 Å². The van der Waals surface area contributed by atoms with Crippen molar-refractivity contribution in [2.75, 3.05) is 5.32 Å². The highest BCUT2D eigenvalue weighted by Gasteiger charge is 2.14. The molecule has 3 aromatic rings. The number of hydrogen-bond donors (Lipinski definition) is 1. The third-order valence-corrected chi connectivity index (χ3v) is 4.57. The molecule has 0 bridgehead atoms. The van der Waals surface area contributed by atoms with Crippen LogP contribution in [-0.4, -0.2) is 14.9 Å². The summed E-state index contributed by atoms with van der Waals surface area (Å²) in [6, 6.07) is 5.02. The molecule has 0 atom stereocenters. The van der Waals surface area contributed by atoms with Gasteiger partial charge in [0.1, 0.15) is 5.01 Å². The average molecular weight is 314 g/mol. The zero-order valence-corrected chi connectivity index (χ0v) is 13.0. The maximum absolute atomic E-state index is 11.1. The quantitative estimate of drug-likeness (QED) is 0.584. The van der Waals surface area contributed by atoms with Gasteiger partial charge in [0.2, 0.25) is 0 Å². The molecular formula is C15H14N4O2S. The summed E-state index contributed by atoms with van der Waals surface area (Å²) in [5, 5.41) is 16.7. The van der Waals surface area contributed by atoms with Crippen LogP contribution < -0.4 is 5.32 Å². The van der Waals surface area contributed by atoms with Gasteiger partial charge in [-0.2, -0.15) is 0 Å². The lowest BCUT2D eigenvalue weighted by atomic mass is 10.1. The van der Waals surface area contributed by atoms with Crippen LogP contribution in [0.3, 0.4) is 0 Å². The number of nitrogens with one attached hydrogen (secondary N) is 1. The van der Waals surface area contributed by atoms with E-state index in [0.717, 1.165) is 21.8 Å². The Morgan fingerprint density at radius 2 is 2.09 bits per heavy atom. The number of nitro benzene ring substituents is 1. The van der Waals surface area contributed by atoms with Crippen LogP contribution in [0.25, 0.3) is 10.8 Å². The van der Waals surface area contributed by atoms with E-state index in [1.807, 2.05) is 13.8 Å². The second-order valence-corrected chi connectivity index (χ2v) is 6.20. The number of aromatic nitrogens is 2. The van der Waals surface area contributed by atoms with E-state index in [-0.39, 0.29) is 10.6 Å². The van der Waals surface area contributed by atoms with Crippen LogP contribution in [0.5, 0.6) is 0 Å². The van der Waals surface area contributed by atoms with Crippen molar-refractivity contribution < 1.29 is 4.92 Å². The van der Waals surface area contributed by atoms with Crippen molar-refractivity contribution in [2.45, 2.75) is 20.4 Å². The molecule has 0 fully saturated rings. The predicted molar refractivity (Wildman–Crippen MR) is 87.3 cm³/mol. The zero-order chi connectivity index (χ0) is 15.7. The molecule has 112 valence electrons. The lowest BCUT2D eigenvalue weighted by Crippen LogP contribution is -2.01. The molecule has 0 aliphatic heterocycles. The Labute approximate surface area is 131 Å². The number of non-ortho nitro benzene ring substituents is 1. The van der Waals surface area contributed by atoms with E-state index in [4.69, 9.17) is 0 Å². The first-order chi connectivity index (χ1) is 10.6. The van der Waals surface area contributed by atoms with Crippen molar-refractivity contribution in [3.8, 4) is 0 Å². The minimum Gasteiger partial charge on any atom is -0.378 e. The highest BCUT2D eigenvalue weighted by Crippen LogP contribution is 2.31. The molecule has 0 saturated heterocycles. The fourth-order valence-electron chi connectivity index (χ4n) is 2.27. The van der Waals surface area contributed by atoms with E-state index < -0.39 is 0 Å². The molecule has 0 saturated carbocycles. The normalized spacial score (nSPS) is 10.8. The van der Waals surface area contributed by atoms with Gasteiger partial charge in [-0.05, 0) is 26.0 Å². The van der Waals surface area contributed by atoms with Crippen LogP contribution >= 0.6 is 11.3 Å². The van der Waals surface area contributed by atoms with Crippen molar-refractivity contribution in [1.29, 1.82) is 0 Å². The molecule has 22 heavy (non-hydrogen) atoms. The molecule has 2 aromatic heterocycles. The van der Waals surface area contributed by atoms with Crippen molar-refractivity contribution in [3.63, 3.8) is 0 Å². The van der Waals surface area contributed by atoms with Gasteiger partial charge in [0.15, 0.2) is 0 Å². The van der Waals surface area contributed by atoms with Crippen molar-refractivity contribution >= 4 is 33.5 Å². The summed E-state index contributed by atoms with van der Waals surface area (Å²) in [5.41, 5.74) is 1.95. The van der Waals surface area contributed by atoms with E-state index in [0.29, 0.717) is 11.9 Å². The largest absolute Gasteiger partial charge is 0.378 e. The molecule has 1 aromatic carbocycles. The summed E-state index contributed by atoms with van der Waals surface area (Å²) < 4.78 is 0. The van der Waals surface area contributed by atoms with Crippen LogP contribution in [0.15, 0.2) is 30.6 Å². The summed E-state index contributed by atoms with van der Waals surface area (Å²) in [6.07, 6.45) is 3.16. The van der Waals surface area contributed by atoms with E-state index in [1.54, 1.807) is 29.7 Å². The smallest absolute Gasteiger partial charge is 0.278 e. The summed E-state index contributed by atoms with van der Waals surface area (Å²) in [5.74, 6) is 0. The SMILES string of the molecule is Cc1nc(CNc2ccc([N+](=O)[O-])c3cnccc23)sc1C. The minimum absolute atomic E-state index is 0.0644. The molecule has 0 radical (unpaired) electrons. The van der Waals surface area contributed by atoms with E-state index in [1.165, 1.54) is 17.1 Å². The molecule has 2 heterocycles. The number of hydrogen-bond acceptors (Lipinski definition) is 6. The first kappa shape index (κ1) is 14.4. The van der Waals surface area contributed by atoms with Gasteiger partial charge in [0.05, 0.1) is 22.5 Å². The van der Waals surface area contributed by atoms with Crippen LogP contribution in [0.4, 0.5) is 11.4 Å². The number of pyridine rings is 1. The molecule has 0 aliphatic rings. The van der Waals surface area contributed by atoms with Crippen molar-refractivity contribution in [2.24, 2.45) is 0 Å². The predicted octanol–water partition coefficient (Wildman–Crippen LogP) is 3.83. The minimum atomic E-state index is -0.388. The van der Waals surface area contributed by atoms with E-state index in [9.17, 15) is 10.1 Å². The Balaban J connectivity index is 1.94. The fraction of sp³-hybridized carbons (Fsp3) is 0.200. The number of rotatable bonds is 4. The third kappa shape index (κ3) is 2.62. The molecular weight excluding hydrogens is 300 g/mol. The van der Waals surface area contributed by atoms with Crippen molar-refractivity contribution in [1.82, 2.24) is 9.97 Å². The maximum Gasteiger partial charge on any atom is 0.278 e. The second kappa shape index (κ2) is 5.69. The van der Waals surface area contributed by atoms with Crippen LogP contribution in [0, 0.1) is 24.0 Å². The topological polar surface area (TPSA) is 81.0 Å². The Kier molecular flexibility index (Phi) is 3.72. The summed E-state index contributed by atoms with van der Waals surface area (Å²) in [7, 11) is 0. The summed E-state index contributed by atoms with van der Waals surface area (Å²) >= 11 is 1.65.